The molecule has 2 aromatic rings. The number of benzene rings is 2. The number of nitrogens with one attached hydrogen (secondary N) is 1. The Morgan fingerprint density at radius 2 is 1.71 bits per heavy atom. The summed E-state index contributed by atoms with van der Waals surface area (Å²) >= 11 is 0. The Kier molecular flexibility index (Phi) is 6.10. The summed E-state index contributed by atoms with van der Waals surface area (Å²) in [6.07, 6.45) is 0.962. The molecule has 24 heavy (non-hydrogen) atoms. The van der Waals surface area contributed by atoms with E-state index in [0.29, 0.717) is 0 Å². The predicted octanol–water partition coefficient (Wildman–Crippen LogP) is 2.86. The molecule has 4 heteroatoms. The molecule has 0 saturated carbocycles. The molecular formula is C20H26N2O2. The summed E-state index contributed by atoms with van der Waals surface area (Å²) in [5, 5.41) is 3.57. The summed E-state index contributed by atoms with van der Waals surface area (Å²) in [6.45, 7) is 5.38. The van der Waals surface area contributed by atoms with Gasteiger partial charge in [0.25, 0.3) is 0 Å². The highest BCUT2D eigenvalue weighted by molar-refractivity contribution is 5.53. The van der Waals surface area contributed by atoms with Crippen molar-refractivity contribution in [3.8, 4) is 5.75 Å². The van der Waals surface area contributed by atoms with E-state index in [-0.39, 0.29) is 0 Å². The lowest BCUT2D eigenvalue weighted by atomic mass is 10.1. The van der Waals surface area contributed by atoms with E-state index in [1.165, 1.54) is 16.8 Å². The third-order valence-corrected chi connectivity index (χ3v) is 4.42. The van der Waals surface area contributed by atoms with Gasteiger partial charge in [-0.15, -0.1) is 0 Å². The summed E-state index contributed by atoms with van der Waals surface area (Å²) in [6, 6.07) is 16.9. The fourth-order valence-corrected chi connectivity index (χ4v) is 3.13. The molecule has 2 aromatic carbocycles. The van der Waals surface area contributed by atoms with E-state index in [0.717, 1.165) is 51.6 Å². The molecule has 0 bridgehead atoms. The maximum absolute atomic E-state index is 5.46. The lowest BCUT2D eigenvalue weighted by Gasteiger charge is -2.30. The maximum atomic E-state index is 5.46. The number of methoxy groups -OCH3 is 1. The van der Waals surface area contributed by atoms with Crippen molar-refractivity contribution in [1.29, 1.82) is 0 Å². The van der Waals surface area contributed by atoms with Gasteiger partial charge in [0.05, 0.1) is 20.3 Å². The third kappa shape index (κ3) is 4.28. The highest BCUT2D eigenvalue weighted by Gasteiger charge is 2.14. The van der Waals surface area contributed by atoms with Gasteiger partial charge in [-0.3, -0.25) is 0 Å². The van der Waals surface area contributed by atoms with Crippen molar-refractivity contribution < 1.29 is 9.47 Å². The van der Waals surface area contributed by atoms with Gasteiger partial charge < -0.3 is 19.7 Å². The molecule has 1 saturated heterocycles. The van der Waals surface area contributed by atoms with Crippen LogP contribution < -0.4 is 15.0 Å². The van der Waals surface area contributed by atoms with E-state index in [4.69, 9.17) is 9.47 Å². The number of hydrogen-bond donors (Lipinski definition) is 1. The lowest BCUT2D eigenvalue weighted by Crippen LogP contribution is -2.37. The molecule has 0 aromatic heterocycles. The van der Waals surface area contributed by atoms with Crippen LogP contribution >= 0.6 is 0 Å². The Morgan fingerprint density at radius 1 is 1.00 bits per heavy atom. The van der Waals surface area contributed by atoms with Gasteiger partial charge in [-0.05, 0) is 36.2 Å². The fraction of sp³-hybridized carbons (Fsp3) is 0.400. The number of ether oxygens (including phenoxy) is 2. The van der Waals surface area contributed by atoms with Crippen LogP contribution in [0.5, 0.6) is 5.75 Å². The molecule has 4 nitrogen and oxygen atoms in total. The third-order valence-electron chi connectivity index (χ3n) is 4.42. The van der Waals surface area contributed by atoms with E-state index in [9.17, 15) is 0 Å². The topological polar surface area (TPSA) is 33.7 Å². The van der Waals surface area contributed by atoms with Gasteiger partial charge in [-0.25, -0.2) is 0 Å². The first-order chi connectivity index (χ1) is 11.9. The van der Waals surface area contributed by atoms with E-state index in [1.54, 1.807) is 7.11 Å². The summed E-state index contributed by atoms with van der Waals surface area (Å²) in [7, 11) is 1.73. The molecule has 0 spiro atoms. The minimum absolute atomic E-state index is 0.815. The van der Waals surface area contributed by atoms with Crippen molar-refractivity contribution >= 4 is 5.69 Å². The van der Waals surface area contributed by atoms with Gasteiger partial charge >= 0.3 is 0 Å². The molecule has 1 aliphatic heterocycles. The molecule has 0 atom stereocenters. The van der Waals surface area contributed by atoms with Crippen LogP contribution in [0.25, 0.3) is 0 Å². The zero-order valence-electron chi connectivity index (χ0n) is 14.3. The molecular weight excluding hydrogens is 300 g/mol. The number of morpholine rings is 1. The van der Waals surface area contributed by atoms with Gasteiger partial charge in [0.2, 0.25) is 0 Å². The second-order valence-corrected chi connectivity index (χ2v) is 5.97. The molecule has 1 heterocycles. The largest absolute Gasteiger partial charge is 0.496 e. The normalized spacial score (nSPS) is 14.6. The van der Waals surface area contributed by atoms with Gasteiger partial charge in [0, 0.05) is 25.3 Å². The van der Waals surface area contributed by atoms with E-state index >= 15 is 0 Å². The molecule has 128 valence electrons. The lowest BCUT2D eigenvalue weighted by molar-refractivity contribution is 0.122. The second kappa shape index (κ2) is 8.71. The fourth-order valence-electron chi connectivity index (χ4n) is 3.13. The van der Waals surface area contributed by atoms with Crippen LogP contribution in [0.4, 0.5) is 5.69 Å². The molecule has 1 fully saturated rings. The van der Waals surface area contributed by atoms with Crippen molar-refractivity contribution in [2.75, 3.05) is 44.9 Å². The van der Waals surface area contributed by atoms with Gasteiger partial charge in [0.15, 0.2) is 0 Å². The Hall–Kier alpha value is -2.04. The highest BCUT2D eigenvalue weighted by atomic mass is 16.5. The molecule has 1 N–H and O–H groups in total. The van der Waals surface area contributed by atoms with E-state index in [1.807, 2.05) is 12.1 Å². The van der Waals surface area contributed by atoms with Gasteiger partial charge in [-0.1, -0.05) is 36.4 Å². The Labute approximate surface area is 144 Å². The van der Waals surface area contributed by atoms with E-state index in [2.05, 4.69) is 46.6 Å². The molecule has 0 unspecified atom stereocenters. The highest BCUT2D eigenvalue weighted by Crippen LogP contribution is 2.21. The first-order valence-electron chi connectivity index (χ1n) is 8.61. The minimum Gasteiger partial charge on any atom is -0.496 e. The number of rotatable bonds is 7. The number of para-hydroxylation sites is 2. The number of nitrogens with zero attached hydrogens (tertiary/aromatic N) is 1. The van der Waals surface area contributed by atoms with Crippen LogP contribution in [0.15, 0.2) is 48.5 Å². The maximum Gasteiger partial charge on any atom is 0.122 e. The van der Waals surface area contributed by atoms with Crippen LogP contribution in [0, 0.1) is 0 Å². The monoisotopic (exact) mass is 326 g/mol. The predicted molar refractivity (Wildman–Crippen MR) is 97.9 cm³/mol. The smallest absolute Gasteiger partial charge is 0.122 e. The van der Waals surface area contributed by atoms with Crippen LogP contribution in [-0.2, 0) is 17.7 Å². The summed E-state index contributed by atoms with van der Waals surface area (Å²) in [4.78, 5) is 2.42. The minimum atomic E-state index is 0.815. The quantitative estimate of drug-likeness (QED) is 0.793. The van der Waals surface area contributed by atoms with Crippen LogP contribution in [0.3, 0.4) is 0 Å². The van der Waals surface area contributed by atoms with Crippen LogP contribution in [0.2, 0.25) is 0 Å². The van der Waals surface area contributed by atoms with Crippen LogP contribution in [-0.4, -0.2) is 40.0 Å². The van der Waals surface area contributed by atoms with Gasteiger partial charge in [-0.2, -0.15) is 0 Å². The first-order valence-corrected chi connectivity index (χ1v) is 8.61. The first kappa shape index (κ1) is 16.8. The Balaban J connectivity index is 1.55. The number of anilines is 1. The zero-order valence-corrected chi connectivity index (χ0v) is 14.3. The molecule has 0 aliphatic carbocycles. The summed E-state index contributed by atoms with van der Waals surface area (Å²) < 4.78 is 10.9. The summed E-state index contributed by atoms with van der Waals surface area (Å²) in [5.41, 5.74) is 3.92. The molecule has 1 aliphatic rings. The van der Waals surface area contributed by atoms with Crippen molar-refractivity contribution in [3.05, 3.63) is 59.7 Å². The standard InChI is InChI=1S/C20H26N2O2/c1-23-20-9-5-3-6-17(20)10-11-21-16-18-7-2-4-8-19(18)22-12-14-24-15-13-22/h2-9,21H,10-16H2,1H3. The Bertz CT molecular complexity index is 639. The summed E-state index contributed by atoms with van der Waals surface area (Å²) in [5.74, 6) is 0.966. The number of hydrogen-bond acceptors (Lipinski definition) is 4. The molecule has 0 radical (unpaired) electrons. The van der Waals surface area contributed by atoms with Crippen molar-refractivity contribution in [2.45, 2.75) is 13.0 Å². The average molecular weight is 326 g/mol. The molecule has 3 rings (SSSR count). The van der Waals surface area contributed by atoms with Crippen molar-refractivity contribution in [2.24, 2.45) is 0 Å². The van der Waals surface area contributed by atoms with Crippen LogP contribution in [0.1, 0.15) is 11.1 Å². The van der Waals surface area contributed by atoms with E-state index < -0.39 is 0 Å². The van der Waals surface area contributed by atoms with Crippen molar-refractivity contribution in [1.82, 2.24) is 5.32 Å². The average Bonchev–Trinajstić information content (AvgIpc) is 2.66. The van der Waals surface area contributed by atoms with Crippen molar-refractivity contribution in [3.63, 3.8) is 0 Å². The Morgan fingerprint density at radius 3 is 2.50 bits per heavy atom. The molecule has 0 amide bonds. The SMILES string of the molecule is COc1ccccc1CCNCc1ccccc1N1CCOCC1. The van der Waals surface area contributed by atoms with Gasteiger partial charge in [0.1, 0.15) is 5.75 Å². The second-order valence-electron chi connectivity index (χ2n) is 5.97. The zero-order chi connectivity index (χ0) is 16.6.